The molecule has 2 rings (SSSR count). The fourth-order valence-electron chi connectivity index (χ4n) is 1.10. The van der Waals surface area contributed by atoms with Crippen LogP contribution in [0.25, 0.3) is 0 Å². The highest BCUT2D eigenvalue weighted by atomic mass is 16.6. The van der Waals surface area contributed by atoms with E-state index in [2.05, 4.69) is 15.5 Å². The predicted molar refractivity (Wildman–Crippen MR) is 59.1 cm³/mol. The molecule has 0 aliphatic carbocycles. The third-order valence-corrected chi connectivity index (χ3v) is 1.89. The molecule has 0 amide bonds. The summed E-state index contributed by atoms with van der Waals surface area (Å²) in [6.45, 7) is 0. The van der Waals surface area contributed by atoms with Gasteiger partial charge in [0, 0.05) is 18.3 Å². The van der Waals surface area contributed by atoms with Crippen molar-refractivity contribution in [2.45, 2.75) is 0 Å². The zero-order chi connectivity index (χ0) is 12.1. The lowest BCUT2D eigenvalue weighted by molar-refractivity contribution is -0.384. The van der Waals surface area contributed by atoms with Crippen LogP contribution in [0, 0.1) is 10.1 Å². The smallest absolute Gasteiger partial charge is 0.269 e. The normalized spacial score (nSPS) is 14.0. The number of non-ortho nitro benzene ring substituents is 1. The van der Waals surface area contributed by atoms with E-state index in [0.29, 0.717) is 11.5 Å². The molecule has 86 valence electrons. The van der Waals surface area contributed by atoms with E-state index >= 15 is 0 Å². The van der Waals surface area contributed by atoms with Crippen molar-refractivity contribution in [3.05, 3.63) is 58.9 Å². The van der Waals surface area contributed by atoms with Gasteiger partial charge in [-0.2, -0.15) is 0 Å². The Labute approximate surface area is 96.3 Å². The van der Waals surface area contributed by atoms with Crippen molar-refractivity contribution in [2.75, 3.05) is 0 Å². The summed E-state index contributed by atoms with van der Waals surface area (Å²) in [5.74, 6) is 0.450. The van der Waals surface area contributed by atoms with Gasteiger partial charge in [0.15, 0.2) is 5.82 Å². The molecule has 0 radical (unpaired) electrons. The summed E-state index contributed by atoms with van der Waals surface area (Å²) >= 11 is 0. The van der Waals surface area contributed by atoms with Crippen molar-refractivity contribution in [1.29, 1.82) is 0 Å². The molecular weight excluding hydrogens is 224 g/mol. The summed E-state index contributed by atoms with van der Waals surface area (Å²) in [7, 11) is 0. The summed E-state index contributed by atoms with van der Waals surface area (Å²) in [6.07, 6.45) is 4.43. The van der Waals surface area contributed by atoms with Crippen molar-refractivity contribution in [3.63, 3.8) is 0 Å². The Bertz CT molecular complexity index is 505. The maximum atomic E-state index is 10.4. The molecule has 7 nitrogen and oxygen atoms in total. The molecule has 0 bridgehead atoms. The van der Waals surface area contributed by atoms with Crippen molar-refractivity contribution in [2.24, 2.45) is 10.2 Å². The van der Waals surface area contributed by atoms with E-state index in [9.17, 15) is 10.1 Å². The van der Waals surface area contributed by atoms with E-state index in [1.807, 2.05) is 0 Å². The fraction of sp³-hybridized carbons (Fsp3) is 0. The highest BCUT2D eigenvalue weighted by Gasteiger charge is 2.03. The molecule has 1 aliphatic heterocycles. The predicted octanol–water partition coefficient (Wildman–Crippen LogP) is 2.57. The van der Waals surface area contributed by atoms with Crippen LogP contribution in [-0.2, 0) is 4.74 Å². The molecule has 1 aromatic rings. The first-order chi connectivity index (χ1) is 8.25. The molecule has 0 unspecified atom stereocenters. The van der Waals surface area contributed by atoms with Gasteiger partial charge in [-0.1, -0.05) is 0 Å². The summed E-state index contributed by atoms with van der Waals surface area (Å²) in [5.41, 5.74) is 0.540. The number of nitrogens with one attached hydrogen (secondary N) is 1. The van der Waals surface area contributed by atoms with Crippen LogP contribution in [0.4, 0.5) is 11.4 Å². The molecule has 1 heterocycles. The largest absolute Gasteiger partial charge is 0.467 e. The van der Waals surface area contributed by atoms with Gasteiger partial charge in [0.25, 0.3) is 5.69 Å². The van der Waals surface area contributed by atoms with E-state index in [-0.39, 0.29) is 5.69 Å². The zero-order valence-corrected chi connectivity index (χ0v) is 8.61. The number of nitro benzene ring substituents is 1. The molecule has 1 aromatic carbocycles. The van der Waals surface area contributed by atoms with Crippen LogP contribution in [-0.4, -0.2) is 4.92 Å². The Morgan fingerprint density at radius 1 is 1.24 bits per heavy atom. The third-order valence-electron chi connectivity index (χ3n) is 1.89. The molecule has 1 N–H and O–H groups in total. The van der Waals surface area contributed by atoms with E-state index < -0.39 is 4.92 Å². The van der Waals surface area contributed by atoms with Gasteiger partial charge in [-0.05, 0) is 12.1 Å². The minimum Gasteiger partial charge on any atom is -0.467 e. The molecule has 1 aliphatic rings. The van der Waals surface area contributed by atoms with Crippen LogP contribution in [0.1, 0.15) is 0 Å². The number of benzene rings is 1. The lowest BCUT2D eigenvalue weighted by Crippen LogP contribution is -2.05. The van der Waals surface area contributed by atoms with E-state index in [1.165, 1.54) is 36.8 Å². The Kier molecular flexibility index (Phi) is 3.10. The maximum Gasteiger partial charge on any atom is 0.269 e. The number of nitrogens with zero attached hydrogens (tertiary/aromatic N) is 3. The molecule has 0 saturated heterocycles. The minimum atomic E-state index is -0.467. The molecule has 0 atom stereocenters. The molecule has 17 heavy (non-hydrogen) atoms. The first-order valence-electron chi connectivity index (χ1n) is 4.69. The summed E-state index contributed by atoms with van der Waals surface area (Å²) in [6, 6.07) is 5.77. The third kappa shape index (κ3) is 2.88. The average Bonchev–Trinajstić information content (AvgIpc) is 2.38. The Balaban J connectivity index is 2.06. The second-order valence-electron chi connectivity index (χ2n) is 3.06. The van der Waals surface area contributed by atoms with E-state index in [4.69, 9.17) is 4.74 Å². The summed E-state index contributed by atoms with van der Waals surface area (Å²) in [5, 5.41) is 21.0. The Morgan fingerprint density at radius 3 is 2.59 bits per heavy atom. The van der Waals surface area contributed by atoms with Crippen molar-refractivity contribution in [1.82, 2.24) is 5.32 Å². The van der Waals surface area contributed by atoms with Gasteiger partial charge in [0.2, 0.25) is 0 Å². The summed E-state index contributed by atoms with van der Waals surface area (Å²) < 4.78 is 4.87. The van der Waals surface area contributed by atoms with Crippen molar-refractivity contribution >= 4 is 11.4 Å². The standard InChI is InChI=1S/C10H8N4O3/c15-14(16)9-3-1-8(2-4-9)12-13-10-7-17-6-5-11-10/h1-7,11H. The van der Waals surface area contributed by atoms with Gasteiger partial charge in [-0.3, -0.25) is 10.1 Å². The first-order valence-corrected chi connectivity index (χ1v) is 4.69. The van der Waals surface area contributed by atoms with Crippen LogP contribution in [0.2, 0.25) is 0 Å². The quantitative estimate of drug-likeness (QED) is 0.492. The molecule has 0 aromatic heterocycles. The Morgan fingerprint density at radius 2 is 2.00 bits per heavy atom. The van der Waals surface area contributed by atoms with Crippen LogP contribution < -0.4 is 5.32 Å². The zero-order valence-electron chi connectivity index (χ0n) is 8.61. The lowest BCUT2D eigenvalue weighted by atomic mass is 10.3. The molecule has 0 spiro atoms. The Hall–Kier alpha value is -2.70. The van der Waals surface area contributed by atoms with E-state index in [1.54, 1.807) is 6.20 Å². The minimum absolute atomic E-state index is 0.0187. The van der Waals surface area contributed by atoms with Gasteiger partial charge >= 0.3 is 0 Å². The number of hydrogen-bond acceptors (Lipinski definition) is 6. The highest BCUT2D eigenvalue weighted by molar-refractivity contribution is 5.43. The van der Waals surface area contributed by atoms with Crippen LogP contribution >= 0.6 is 0 Å². The molecular formula is C10H8N4O3. The van der Waals surface area contributed by atoms with Crippen LogP contribution in [0.3, 0.4) is 0 Å². The molecule has 0 saturated carbocycles. The van der Waals surface area contributed by atoms with Gasteiger partial charge in [0.1, 0.15) is 12.5 Å². The van der Waals surface area contributed by atoms with Gasteiger partial charge in [-0.15, -0.1) is 10.2 Å². The number of azo groups is 1. The van der Waals surface area contributed by atoms with E-state index in [0.717, 1.165) is 0 Å². The van der Waals surface area contributed by atoms with Gasteiger partial charge < -0.3 is 10.1 Å². The number of rotatable bonds is 3. The monoisotopic (exact) mass is 232 g/mol. The second-order valence-corrected chi connectivity index (χ2v) is 3.06. The summed E-state index contributed by atoms with van der Waals surface area (Å²) in [4.78, 5) is 9.96. The highest BCUT2D eigenvalue weighted by Crippen LogP contribution is 2.18. The first kappa shape index (κ1) is 10.8. The fourth-order valence-corrected chi connectivity index (χ4v) is 1.10. The van der Waals surface area contributed by atoms with Crippen LogP contribution in [0.5, 0.6) is 0 Å². The second kappa shape index (κ2) is 4.88. The van der Waals surface area contributed by atoms with Crippen molar-refractivity contribution < 1.29 is 9.66 Å². The average molecular weight is 232 g/mol. The lowest BCUT2D eigenvalue weighted by Gasteiger charge is -2.03. The molecule has 0 fully saturated rings. The van der Waals surface area contributed by atoms with Crippen molar-refractivity contribution in [3.8, 4) is 0 Å². The topological polar surface area (TPSA) is 89.1 Å². The van der Waals surface area contributed by atoms with Crippen LogP contribution in [0.15, 0.2) is 59.0 Å². The number of nitro groups is 1. The molecule has 7 heteroatoms. The number of hydrogen-bond donors (Lipinski definition) is 1. The van der Waals surface area contributed by atoms with Gasteiger partial charge in [-0.25, -0.2) is 0 Å². The maximum absolute atomic E-state index is 10.4. The SMILES string of the molecule is O=[N+]([O-])c1ccc(N=NC2=COC=CN2)cc1. The number of ether oxygens (including phenoxy) is 1. The van der Waals surface area contributed by atoms with Gasteiger partial charge in [0.05, 0.1) is 10.6 Å².